The molecular weight excluding hydrogens is 376 g/mol. The second kappa shape index (κ2) is 8.50. The van der Waals surface area contributed by atoms with E-state index in [1.54, 1.807) is 0 Å². The predicted octanol–water partition coefficient (Wildman–Crippen LogP) is 3.79. The van der Waals surface area contributed by atoms with E-state index in [0.717, 1.165) is 23.9 Å². The van der Waals surface area contributed by atoms with Gasteiger partial charge in [-0.3, -0.25) is 4.79 Å². The highest BCUT2D eigenvalue weighted by atomic mass is 79.9. The summed E-state index contributed by atoms with van der Waals surface area (Å²) in [6.45, 7) is 0.804. The van der Waals surface area contributed by atoms with Gasteiger partial charge < -0.3 is 10.2 Å². The minimum atomic E-state index is 0. The van der Waals surface area contributed by atoms with E-state index in [9.17, 15) is 4.79 Å². The van der Waals surface area contributed by atoms with E-state index in [-0.39, 0.29) is 12.4 Å². The quantitative estimate of drug-likeness (QED) is 0.814. The van der Waals surface area contributed by atoms with Gasteiger partial charge in [0.2, 0.25) is 5.91 Å². The van der Waals surface area contributed by atoms with Gasteiger partial charge in [0.1, 0.15) is 0 Å². The summed E-state index contributed by atoms with van der Waals surface area (Å²) in [5, 5.41) is 3.65. The molecule has 2 bridgehead atoms. The number of benzene rings is 1. The molecule has 128 valence electrons. The van der Waals surface area contributed by atoms with E-state index < -0.39 is 0 Å². The lowest BCUT2D eigenvalue weighted by molar-refractivity contribution is -0.131. The first kappa shape index (κ1) is 18.8. The van der Waals surface area contributed by atoms with Crippen LogP contribution in [0.15, 0.2) is 28.7 Å². The monoisotopic (exact) mass is 400 g/mol. The van der Waals surface area contributed by atoms with Crippen LogP contribution in [0.1, 0.15) is 37.7 Å². The lowest BCUT2D eigenvalue weighted by Crippen LogP contribution is -2.40. The summed E-state index contributed by atoms with van der Waals surface area (Å²) in [4.78, 5) is 14.3. The van der Waals surface area contributed by atoms with Gasteiger partial charge in [0, 0.05) is 36.6 Å². The largest absolute Gasteiger partial charge is 0.345 e. The molecule has 1 amide bonds. The van der Waals surface area contributed by atoms with Gasteiger partial charge in [0.05, 0.1) is 0 Å². The third-order valence-corrected chi connectivity index (χ3v) is 5.64. The summed E-state index contributed by atoms with van der Waals surface area (Å²) < 4.78 is 1.10. The van der Waals surface area contributed by atoms with Crippen LogP contribution in [0.2, 0.25) is 0 Å². The molecule has 3 nitrogen and oxygen atoms in total. The molecular formula is C18H26BrClN2O. The van der Waals surface area contributed by atoms with Gasteiger partial charge in [-0.15, -0.1) is 12.4 Å². The Labute approximate surface area is 153 Å². The Morgan fingerprint density at radius 3 is 2.43 bits per heavy atom. The Balaban J connectivity index is 0.00000192. The maximum atomic E-state index is 12.4. The Morgan fingerprint density at radius 1 is 1.22 bits per heavy atom. The molecule has 5 heteroatoms. The number of hydrogen-bond donors (Lipinski definition) is 1. The predicted molar refractivity (Wildman–Crippen MR) is 100 cm³/mol. The summed E-state index contributed by atoms with van der Waals surface area (Å²) in [7, 11) is 1.94. The number of nitrogens with zero attached hydrogens (tertiary/aromatic N) is 1. The number of amides is 1. The zero-order valence-electron chi connectivity index (χ0n) is 13.6. The molecule has 0 spiro atoms. The average Bonchev–Trinajstić information content (AvgIpc) is 2.85. The number of piperidine rings is 1. The summed E-state index contributed by atoms with van der Waals surface area (Å²) in [6.07, 6.45) is 6.62. The smallest absolute Gasteiger partial charge is 0.222 e. The summed E-state index contributed by atoms with van der Waals surface area (Å²) in [6, 6.07) is 9.69. The molecule has 2 unspecified atom stereocenters. The zero-order valence-corrected chi connectivity index (χ0v) is 16.0. The van der Waals surface area contributed by atoms with Crippen molar-refractivity contribution in [2.24, 2.45) is 5.92 Å². The molecule has 0 aromatic heterocycles. The normalized spacial score (nSPS) is 25.7. The van der Waals surface area contributed by atoms with Crippen molar-refractivity contribution in [1.29, 1.82) is 0 Å². The van der Waals surface area contributed by atoms with Crippen LogP contribution in [-0.2, 0) is 11.2 Å². The van der Waals surface area contributed by atoms with Crippen molar-refractivity contribution >= 4 is 34.2 Å². The molecule has 1 aromatic rings. The first-order valence-electron chi connectivity index (χ1n) is 8.34. The van der Waals surface area contributed by atoms with Gasteiger partial charge in [-0.2, -0.15) is 0 Å². The third kappa shape index (κ3) is 5.20. The minimum absolute atomic E-state index is 0. The standard InChI is InChI=1S/C18H25BrN2O.ClH/c1-21(9-8-13-2-4-15(19)5-3-13)18(22)12-14-10-16-6-7-17(11-14)20-16;/h2-5,14,16-17,20H,6-12H2,1H3;1H. The van der Waals surface area contributed by atoms with Crippen molar-refractivity contribution in [3.63, 3.8) is 0 Å². The Morgan fingerprint density at radius 2 is 1.83 bits per heavy atom. The first-order chi connectivity index (χ1) is 10.6. The molecule has 2 atom stereocenters. The molecule has 23 heavy (non-hydrogen) atoms. The van der Waals surface area contributed by atoms with Crippen LogP contribution in [0.25, 0.3) is 0 Å². The van der Waals surface area contributed by atoms with Crippen molar-refractivity contribution in [2.45, 2.75) is 50.6 Å². The number of fused-ring (bicyclic) bond motifs is 2. The highest BCUT2D eigenvalue weighted by molar-refractivity contribution is 9.10. The van der Waals surface area contributed by atoms with E-state index in [2.05, 4.69) is 45.5 Å². The van der Waals surface area contributed by atoms with Crippen LogP contribution >= 0.6 is 28.3 Å². The first-order valence-corrected chi connectivity index (χ1v) is 9.14. The maximum absolute atomic E-state index is 12.4. The maximum Gasteiger partial charge on any atom is 0.222 e. The summed E-state index contributed by atoms with van der Waals surface area (Å²) in [5.41, 5.74) is 1.28. The molecule has 1 N–H and O–H groups in total. The number of nitrogens with one attached hydrogen (secondary N) is 1. The fourth-order valence-electron chi connectivity index (χ4n) is 3.82. The second-order valence-corrected chi connectivity index (χ2v) is 7.79. The number of halogens is 2. The molecule has 0 radical (unpaired) electrons. The highest BCUT2D eigenvalue weighted by Gasteiger charge is 2.34. The topological polar surface area (TPSA) is 32.3 Å². The van der Waals surface area contributed by atoms with Crippen LogP contribution in [0.4, 0.5) is 0 Å². The highest BCUT2D eigenvalue weighted by Crippen LogP contribution is 2.32. The summed E-state index contributed by atoms with van der Waals surface area (Å²) in [5.74, 6) is 0.893. The number of carbonyl (C=O) groups excluding carboxylic acids is 1. The molecule has 2 fully saturated rings. The van der Waals surface area contributed by atoms with Crippen LogP contribution < -0.4 is 5.32 Å². The van der Waals surface area contributed by atoms with E-state index in [0.29, 0.717) is 23.9 Å². The van der Waals surface area contributed by atoms with Crippen LogP contribution in [0.3, 0.4) is 0 Å². The van der Waals surface area contributed by atoms with Crippen molar-refractivity contribution in [3.05, 3.63) is 34.3 Å². The molecule has 1 aromatic carbocycles. The van der Waals surface area contributed by atoms with Crippen LogP contribution in [-0.4, -0.2) is 36.5 Å². The molecule has 3 rings (SSSR count). The van der Waals surface area contributed by atoms with Crippen molar-refractivity contribution in [2.75, 3.05) is 13.6 Å². The number of carbonyl (C=O) groups is 1. The van der Waals surface area contributed by atoms with Gasteiger partial charge in [-0.25, -0.2) is 0 Å². The van der Waals surface area contributed by atoms with Crippen LogP contribution in [0, 0.1) is 5.92 Å². The van der Waals surface area contributed by atoms with Gasteiger partial charge in [-0.05, 0) is 55.7 Å². The molecule has 2 saturated heterocycles. The van der Waals surface area contributed by atoms with Crippen molar-refractivity contribution in [3.8, 4) is 0 Å². The second-order valence-electron chi connectivity index (χ2n) is 6.87. The van der Waals surface area contributed by atoms with Gasteiger partial charge in [0.15, 0.2) is 0 Å². The fraction of sp³-hybridized carbons (Fsp3) is 0.611. The van der Waals surface area contributed by atoms with Crippen molar-refractivity contribution < 1.29 is 4.79 Å². The Kier molecular flexibility index (Phi) is 6.93. The Hall–Kier alpha value is -0.580. The SMILES string of the molecule is CN(CCc1ccc(Br)cc1)C(=O)CC1CC2CCC(C1)N2.Cl. The third-order valence-electron chi connectivity index (χ3n) is 5.11. The fourth-order valence-corrected chi connectivity index (χ4v) is 4.08. The lowest BCUT2D eigenvalue weighted by atomic mass is 9.89. The number of hydrogen-bond acceptors (Lipinski definition) is 2. The molecule has 0 aliphatic carbocycles. The van der Waals surface area contributed by atoms with E-state index in [4.69, 9.17) is 0 Å². The number of rotatable bonds is 5. The van der Waals surface area contributed by atoms with Gasteiger partial charge >= 0.3 is 0 Å². The van der Waals surface area contributed by atoms with Gasteiger partial charge in [-0.1, -0.05) is 28.1 Å². The summed E-state index contributed by atoms with van der Waals surface area (Å²) >= 11 is 3.45. The minimum Gasteiger partial charge on any atom is -0.345 e. The van der Waals surface area contributed by atoms with E-state index in [1.165, 1.54) is 31.2 Å². The van der Waals surface area contributed by atoms with E-state index >= 15 is 0 Å². The van der Waals surface area contributed by atoms with Crippen molar-refractivity contribution in [1.82, 2.24) is 10.2 Å². The van der Waals surface area contributed by atoms with E-state index in [1.807, 2.05) is 11.9 Å². The Bertz CT molecular complexity index is 510. The number of likely N-dealkylation sites (N-methyl/N-ethyl adjacent to an activating group) is 1. The van der Waals surface area contributed by atoms with Crippen LogP contribution in [0.5, 0.6) is 0 Å². The molecule has 2 heterocycles. The zero-order chi connectivity index (χ0) is 15.5. The lowest BCUT2D eigenvalue weighted by Gasteiger charge is -2.30. The molecule has 2 aliphatic rings. The average molecular weight is 402 g/mol. The van der Waals surface area contributed by atoms with Gasteiger partial charge in [0.25, 0.3) is 0 Å². The molecule has 0 saturated carbocycles. The molecule has 2 aliphatic heterocycles.